The number of amides is 3. The number of aromatic nitrogens is 1. The molecule has 1 fully saturated rings. The predicted octanol–water partition coefficient (Wildman–Crippen LogP) is 3.35. The van der Waals surface area contributed by atoms with Gasteiger partial charge < -0.3 is 4.57 Å². The SMILES string of the molecule is C#CCn1c(=NC(=O)c2ccc(N3C(=O)CCC3=O)cc2)sc2c(C)cc(C)cc21. The number of fused-ring (bicyclic) bond motifs is 1. The van der Waals surface area contributed by atoms with Crippen LogP contribution in [-0.4, -0.2) is 22.3 Å². The molecular formula is C23H19N3O3S. The Morgan fingerprint density at radius 3 is 2.43 bits per heavy atom. The first-order chi connectivity index (χ1) is 14.4. The van der Waals surface area contributed by atoms with Crippen LogP contribution in [0.25, 0.3) is 10.2 Å². The summed E-state index contributed by atoms with van der Waals surface area (Å²) in [6.07, 6.45) is 5.98. The number of terminal acetylenes is 1. The Bertz CT molecular complexity index is 1290. The van der Waals surface area contributed by atoms with E-state index in [0.29, 0.717) is 22.6 Å². The van der Waals surface area contributed by atoms with Crippen LogP contribution >= 0.6 is 11.3 Å². The van der Waals surface area contributed by atoms with Gasteiger partial charge in [0.1, 0.15) is 0 Å². The summed E-state index contributed by atoms with van der Waals surface area (Å²) in [7, 11) is 0. The molecule has 0 radical (unpaired) electrons. The summed E-state index contributed by atoms with van der Waals surface area (Å²) in [4.78, 5) is 42.6. The number of anilines is 1. The van der Waals surface area contributed by atoms with Crippen molar-refractivity contribution in [2.75, 3.05) is 4.90 Å². The lowest BCUT2D eigenvalue weighted by Crippen LogP contribution is -2.28. The Morgan fingerprint density at radius 2 is 1.80 bits per heavy atom. The van der Waals surface area contributed by atoms with E-state index >= 15 is 0 Å². The van der Waals surface area contributed by atoms with E-state index in [1.165, 1.54) is 11.3 Å². The highest BCUT2D eigenvalue weighted by Gasteiger charge is 2.30. The van der Waals surface area contributed by atoms with E-state index in [0.717, 1.165) is 26.2 Å². The minimum atomic E-state index is -0.410. The zero-order chi connectivity index (χ0) is 21.4. The van der Waals surface area contributed by atoms with Crippen LogP contribution in [0, 0.1) is 26.2 Å². The van der Waals surface area contributed by atoms with Gasteiger partial charge in [0.2, 0.25) is 11.8 Å². The minimum Gasteiger partial charge on any atom is -0.305 e. The second-order valence-electron chi connectivity index (χ2n) is 7.19. The van der Waals surface area contributed by atoms with E-state index in [1.807, 2.05) is 24.5 Å². The first kappa shape index (κ1) is 19.8. The van der Waals surface area contributed by atoms with Crippen molar-refractivity contribution in [3.05, 3.63) is 57.9 Å². The lowest BCUT2D eigenvalue weighted by atomic mass is 10.1. The zero-order valence-corrected chi connectivity index (χ0v) is 17.5. The Balaban J connectivity index is 1.72. The van der Waals surface area contributed by atoms with E-state index in [-0.39, 0.29) is 24.7 Å². The van der Waals surface area contributed by atoms with Crippen molar-refractivity contribution in [1.29, 1.82) is 0 Å². The summed E-state index contributed by atoms with van der Waals surface area (Å²) in [5.41, 5.74) is 4.02. The van der Waals surface area contributed by atoms with E-state index in [2.05, 4.69) is 17.0 Å². The lowest BCUT2D eigenvalue weighted by Gasteiger charge is -2.13. The van der Waals surface area contributed by atoms with Gasteiger partial charge >= 0.3 is 0 Å². The third kappa shape index (κ3) is 3.46. The van der Waals surface area contributed by atoms with Crippen LogP contribution in [0.5, 0.6) is 0 Å². The first-order valence-corrected chi connectivity index (χ1v) is 10.3. The van der Waals surface area contributed by atoms with Crippen molar-refractivity contribution < 1.29 is 14.4 Å². The normalized spacial score (nSPS) is 14.6. The van der Waals surface area contributed by atoms with Gasteiger partial charge in [-0.2, -0.15) is 4.99 Å². The second-order valence-corrected chi connectivity index (χ2v) is 8.17. The fourth-order valence-electron chi connectivity index (χ4n) is 3.61. The van der Waals surface area contributed by atoms with E-state index in [4.69, 9.17) is 6.42 Å². The van der Waals surface area contributed by atoms with Crippen molar-refractivity contribution in [2.45, 2.75) is 33.2 Å². The van der Waals surface area contributed by atoms with Crippen LogP contribution in [0.15, 0.2) is 41.4 Å². The lowest BCUT2D eigenvalue weighted by molar-refractivity contribution is -0.121. The maximum absolute atomic E-state index is 12.8. The van der Waals surface area contributed by atoms with Gasteiger partial charge in [-0.15, -0.1) is 6.42 Å². The molecule has 0 saturated carbocycles. The number of aryl methyl sites for hydroxylation is 2. The van der Waals surface area contributed by atoms with Crippen molar-refractivity contribution in [2.24, 2.45) is 4.99 Å². The van der Waals surface area contributed by atoms with Gasteiger partial charge in [-0.25, -0.2) is 0 Å². The van der Waals surface area contributed by atoms with Gasteiger partial charge in [-0.05, 0) is 55.3 Å². The van der Waals surface area contributed by atoms with E-state index in [1.54, 1.807) is 24.3 Å². The van der Waals surface area contributed by atoms with Crippen LogP contribution in [0.1, 0.15) is 34.3 Å². The topological polar surface area (TPSA) is 71.7 Å². The van der Waals surface area contributed by atoms with Crippen molar-refractivity contribution in [3.8, 4) is 12.3 Å². The van der Waals surface area contributed by atoms with Crippen molar-refractivity contribution >= 4 is 45.0 Å². The molecule has 0 N–H and O–H groups in total. The summed E-state index contributed by atoms with van der Waals surface area (Å²) in [5, 5.41) is 0. The van der Waals surface area contributed by atoms with Crippen LogP contribution in [0.4, 0.5) is 5.69 Å². The molecule has 150 valence electrons. The second kappa shape index (κ2) is 7.73. The summed E-state index contributed by atoms with van der Waals surface area (Å²) in [5.74, 6) is 1.77. The fourth-order valence-corrected chi connectivity index (χ4v) is 4.69. The van der Waals surface area contributed by atoms with Crippen molar-refractivity contribution in [1.82, 2.24) is 4.57 Å². The maximum atomic E-state index is 12.8. The Morgan fingerprint density at radius 1 is 1.13 bits per heavy atom. The number of nitrogens with zero attached hydrogens (tertiary/aromatic N) is 3. The number of rotatable bonds is 3. The smallest absolute Gasteiger partial charge is 0.279 e. The van der Waals surface area contributed by atoms with Crippen molar-refractivity contribution in [3.63, 3.8) is 0 Å². The Labute approximate surface area is 177 Å². The maximum Gasteiger partial charge on any atom is 0.279 e. The number of imide groups is 1. The van der Waals surface area contributed by atoms with Gasteiger partial charge in [0, 0.05) is 18.4 Å². The Kier molecular flexibility index (Phi) is 5.10. The predicted molar refractivity (Wildman–Crippen MR) is 116 cm³/mol. The molecule has 1 aromatic heterocycles. The molecule has 0 bridgehead atoms. The highest BCUT2D eigenvalue weighted by Crippen LogP contribution is 2.24. The molecule has 0 aliphatic carbocycles. The number of benzene rings is 2. The van der Waals surface area contributed by atoms with Crippen LogP contribution in [-0.2, 0) is 16.1 Å². The van der Waals surface area contributed by atoms with Gasteiger partial charge in [0.05, 0.1) is 22.4 Å². The summed E-state index contributed by atoms with van der Waals surface area (Å²) >= 11 is 1.43. The average molecular weight is 417 g/mol. The molecule has 0 unspecified atom stereocenters. The van der Waals surface area contributed by atoms with Gasteiger partial charge in [0.25, 0.3) is 5.91 Å². The number of carbonyl (C=O) groups is 3. The summed E-state index contributed by atoms with van der Waals surface area (Å²) in [6.45, 7) is 4.36. The number of thiazole rings is 1. The average Bonchev–Trinajstić information content (AvgIpc) is 3.22. The molecule has 3 amide bonds. The molecule has 6 nitrogen and oxygen atoms in total. The molecule has 30 heavy (non-hydrogen) atoms. The minimum absolute atomic E-state index is 0.217. The fraction of sp³-hybridized carbons (Fsp3) is 0.217. The molecule has 2 aromatic carbocycles. The van der Waals surface area contributed by atoms with Crippen LogP contribution < -0.4 is 9.70 Å². The largest absolute Gasteiger partial charge is 0.305 e. The van der Waals surface area contributed by atoms with E-state index in [9.17, 15) is 14.4 Å². The first-order valence-electron chi connectivity index (χ1n) is 9.48. The molecule has 1 aliphatic rings. The quantitative estimate of drug-likeness (QED) is 0.485. The molecule has 3 aromatic rings. The van der Waals surface area contributed by atoms with Gasteiger partial charge in [-0.3, -0.25) is 19.3 Å². The van der Waals surface area contributed by atoms with Crippen LogP contribution in [0.3, 0.4) is 0 Å². The molecule has 1 saturated heterocycles. The molecule has 2 heterocycles. The monoisotopic (exact) mass is 417 g/mol. The standard InChI is InChI=1S/C23H19N3O3S/c1-4-11-25-18-13-14(2)12-15(3)21(18)30-23(25)24-22(29)16-5-7-17(8-6-16)26-19(27)9-10-20(26)28/h1,5-8,12-13H,9-11H2,2-3H3. The highest BCUT2D eigenvalue weighted by atomic mass is 32.1. The third-order valence-corrected chi connectivity index (χ3v) is 6.21. The molecule has 0 atom stereocenters. The summed E-state index contributed by atoms with van der Waals surface area (Å²) < 4.78 is 2.91. The van der Waals surface area contributed by atoms with Crippen LogP contribution in [0.2, 0.25) is 0 Å². The molecule has 1 aliphatic heterocycles. The number of carbonyl (C=O) groups excluding carboxylic acids is 3. The summed E-state index contributed by atoms with van der Waals surface area (Å²) in [6, 6.07) is 10.5. The third-order valence-electron chi connectivity index (χ3n) is 4.98. The van der Waals surface area contributed by atoms with Gasteiger partial charge in [-0.1, -0.05) is 23.3 Å². The number of hydrogen-bond acceptors (Lipinski definition) is 4. The molecular weight excluding hydrogens is 398 g/mol. The van der Waals surface area contributed by atoms with E-state index < -0.39 is 5.91 Å². The van der Waals surface area contributed by atoms with Gasteiger partial charge in [0.15, 0.2) is 4.80 Å². The Hall–Kier alpha value is -3.50. The molecule has 0 spiro atoms. The number of hydrogen-bond donors (Lipinski definition) is 0. The highest BCUT2D eigenvalue weighted by molar-refractivity contribution is 7.16. The molecule has 7 heteroatoms. The molecule has 4 rings (SSSR count). The zero-order valence-electron chi connectivity index (χ0n) is 16.6.